The third kappa shape index (κ3) is 2.02. The smallest absolute Gasteiger partial charge is 0.335 e. The zero-order chi connectivity index (χ0) is 13.3. The van der Waals surface area contributed by atoms with Crippen LogP contribution in [0.2, 0.25) is 0 Å². The lowest BCUT2D eigenvalue weighted by molar-refractivity contribution is -0.128. The summed E-state index contributed by atoms with van der Waals surface area (Å²) < 4.78 is 18.2. The first-order valence-electron chi connectivity index (χ1n) is 5.03. The molecule has 1 heterocycles. The molecule has 0 unspecified atom stereocenters. The van der Waals surface area contributed by atoms with Crippen molar-refractivity contribution in [2.75, 3.05) is 12.0 Å². The van der Waals surface area contributed by atoms with Gasteiger partial charge >= 0.3 is 6.03 Å². The maximum absolute atomic E-state index is 13.5. The number of benzene rings is 1. The van der Waals surface area contributed by atoms with Crippen LogP contribution in [-0.4, -0.2) is 25.0 Å². The number of nitrogens with one attached hydrogen (secondary N) is 1. The van der Waals surface area contributed by atoms with Gasteiger partial charge in [0, 0.05) is 6.07 Å². The minimum absolute atomic E-state index is 0.000284. The van der Waals surface area contributed by atoms with Crippen LogP contribution in [0.25, 0.3) is 0 Å². The van der Waals surface area contributed by atoms with Gasteiger partial charge in [0.15, 0.2) is 11.6 Å². The molecule has 1 aliphatic heterocycles. The van der Waals surface area contributed by atoms with E-state index >= 15 is 0 Å². The molecule has 4 amide bonds. The zero-order valence-electron chi connectivity index (χ0n) is 9.40. The molecule has 18 heavy (non-hydrogen) atoms. The Morgan fingerprint density at radius 2 is 2.06 bits per heavy atom. The van der Waals surface area contributed by atoms with E-state index in [0.29, 0.717) is 4.90 Å². The lowest BCUT2D eigenvalue weighted by Crippen LogP contribution is -2.52. The van der Waals surface area contributed by atoms with Gasteiger partial charge in [0.2, 0.25) is 11.8 Å². The lowest BCUT2D eigenvalue weighted by Gasteiger charge is -2.24. The number of anilines is 1. The van der Waals surface area contributed by atoms with Crippen LogP contribution in [0.1, 0.15) is 6.42 Å². The minimum atomic E-state index is -0.888. The van der Waals surface area contributed by atoms with Crippen LogP contribution in [0, 0.1) is 5.82 Å². The van der Waals surface area contributed by atoms with Gasteiger partial charge in [-0.3, -0.25) is 14.9 Å². The summed E-state index contributed by atoms with van der Waals surface area (Å²) in [7, 11) is 1.30. The topological polar surface area (TPSA) is 75.7 Å². The Labute approximate surface area is 101 Å². The lowest BCUT2D eigenvalue weighted by atomic mass is 10.2. The largest absolute Gasteiger partial charge is 0.494 e. The molecule has 1 fully saturated rings. The molecule has 2 rings (SSSR count). The molecule has 1 aliphatic rings. The number of nitrogens with zero attached hydrogens (tertiary/aromatic N) is 1. The van der Waals surface area contributed by atoms with E-state index in [9.17, 15) is 18.8 Å². The molecule has 0 saturated carbocycles. The Morgan fingerprint density at radius 1 is 1.33 bits per heavy atom. The van der Waals surface area contributed by atoms with Gasteiger partial charge in [-0.25, -0.2) is 14.1 Å². The van der Waals surface area contributed by atoms with Gasteiger partial charge < -0.3 is 4.74 Å². The van der Waals surface area contributed by atoms with E-state index in [4.69, 9.17) is 4.74 Å². The molecule has 7 heteroatoms. The molecule has 0 aliphatic carbocycles. The molecule has 0 aromatic heterocycles. The van der Waals surface area contributed by atoms with Crippen molar-refractivity contribution in [2.24, 2.45) is 0 Å². The van der Waals surface area contributed by atoms with Crippen molar-refractivity contribution in [1.82, 2.24) is 5.32 Å². The van der Waals surface area contributed by atoms with Crippen molar-refractivity contribution >= 4 is 23.5 Å². The number of halogens is 1. The number of methoxy groups -OCH3 is 1. The molecule has 0 spiro atoms. The molecular formula is C11H9FN2O4. The molecule has 94 valence electrons. The van der Waals surface area contributed by atoms with Crippen molar-refractivity contribution in [3.8, 4) is 5.75 Å². The highest BCUT2D eigenvalue weighted by Gasteiger charge is 2.32. The molecule has 6 nitrogen and oxygen atoms in total. The van der Waals surface area contributed by atoms with Crippen molar-refractivity contribution in [3.05, 3.63) is 24.0 Å². The molecule has 0 bridgehead atoms. The van der Waals surface area contributed by atoms with E-state index in [1.54, 1.807) is 0 Å². The van der Waals surface area contributed by atoms with Crippen LogP contribution in [0.4, 0.5) is 14.9 Å². The highest BCUT2D eigenvalue weighted by molar-refractivity contribution is 6.26. The summed E-state index contributed by atoms with van der Waals surface area (Å²) in [5.41, 5.74) is 0.0447. The molecule has 1 saturated heterocycles. The standard InChI is InChI=1S/C11H9FN2O4/c1-18-8-3-2-6(4-7(8)12)14-10(16)5-9(15)13-11(14)17/h2-4H,5H2,1H3,(H,13,15,17). The maximum atomic E-state index is 13.5. The number of ether oxygens (including phenoxy) is 1. The number of urea groups is 1. The van der Waals surface area contributed by atoms with Gasteiger partial charge in [-0.2, -0.15) is 0 Å². The number of rotatable bonds is 2. The van der Waals surface area contributed by atoms with E-state index in [-0.39, 0.29) is 11.4 Å². The SMILES string of the molecule is COc1ccc(N2C(=O)CC(=O)NC2=O)cc1F. The third-order valence-electron chi connectivity index (χ3n) is 2.40. The van der Waals surface area contributed by atoms with Crippen molar-refractivity contribution in [3.63, 3.8) is 0 Å². The number of barbiturate groups is 1. The van der Waals surface area contributed by atoms with E-state index in [1.807, 2.05) is 5.32 Å². The summed E-state index contributed by atoms with van der Waals surface area (Å²) in [5, 5.41) is 1.98. The number of carbonyl (C=O) groups excluding carboxylic acids is 3. The Balaban J connectivity index is 2.36. The van der Waals surface area contributed by atoms with E-state index < -0.39 is 30.1 Å². The van der Waals surface area contributed by atoms with Crippen molar-refractivity contribution in [1.29, 1.82) is 0 Å². The fraction of sp³-hybridized carbons (Fsp3) is 0.182. The average molecular weight is 252 g/mol. The van der Waals surface area contributed by atoms with Crippen LogP contribution in [0.15, 0.2) is 18.2 Å². The van der Waals surface area contributed by atoms with Crippen molar-refractivity contribution < 1.29 is 23.5 Å². The Kier molecular flexibility index (Phi) is 2.97. The second kappa shape index (κ2) is 4.44. The molecule has 1 aromatic rings. The van der Waals surface area contributed by atoms with Crippen LogP contribution in [-0.2, 0) is 9.59 Å². The first-order valence-corrected chi connectivity index (χ1v) is 5.03. The molecule has 1 N–H and O–H groups in total. The normalized spacial score (nSPS) is 15.7. The van der Waals surface area contributed by atoms with Crippen LogP contribution >= 0.6 is 0 Å². The first kappa shape index (κ1) is 12.0. The Morgan fingerprint density at radius 3 is 2.61 bits per heavy atom. The average Bonchev–Trinajstić information content (AvgIpc) is 2.27. The van der Waals surface area contributed by atoms with Gasteiger partial charge in [0.05, 0.1) is 12.8 Å². The number of hydrogen-bond donors (Lipinski definition) is 1. The second-order valence-electron chi connectivity index (χ2n) is 3.58. The molecule has 0 atom stereocenters. The van der Waals surface area contributed by atoms with Gasteiger partial charge in [-0.1, -0.05) is 0 Å². The zero-order valence-corrected chi connectivity index (χ0v) is 9.40. The van der Waals surface area contributed by atoms with Crippen LogP contribution in [0.3, 0.4) is 0 Å². The fourth-order valence-corrected chi connectivity index (χ4v) is 1.60. The summed E-state index contributed by atoms with van der Waals surface area (Å²) >= 11 is 0. The van der Waals surface area contributed by atoms with E-state index in [1.165, 1.54) is 19.2 Å². The first-order chi connectivity index (χ1) is 8.52. The summed E-state index contributed by atoms with van der Waals surface area (Å²) in [6.45, 7) is 0. The summed E-state index contributed by atoms with van der Waals surface area (Å²) in [4.78, 5) is 34.7. The van der Waals surface area contributed by atoms with Gasteiger partial charge in [0.1, 0.15) is 6.42 Å². The predicted molar refractivity (Wildman–Crippen MR) is 58.6 cm³/mol. The Bertz CT molecular complexity index is 524. The van der Waals surface area contributed by atoms with Gasteiger partial charge in [-0.05, 0) is 12.1 Å². The molecular weight excluding hydrogens is 243 g/mol. The summed E-state index contributed by atoms with van der Waals surface area (Å²) in [6.07, 6.45) is -0.445. The number of carbonyl (C=O) groups is 3. The minimum Gasteiger partial charge on any atom is -0.494 e. The highest BCUT2D eigenvalue weighted by atomic mass is 19.1. The fourth-order valence-electron chi connectivity index (χ4n) is 1.60. The number of hydrogen-bond acceptors (Lipinski definition) is 4. The number of amides is 4. The second-order valence-corrected chi connectivity index (χ2v) is 3.58. The van der Waals surface area contributed by atoms with E-state index in [2.05, 4.69) is 0 Å². The highest BCUT2D eigenvalue weighted by Crippen LogP contribution is 2.25. The van der Waals surface area contributed by atoms with Crippen LogP contribution < -0.4 is 15.0 Å². The quantitative estimate of drug-likeness (QED) is 0.790. The van der Waals surface area contributed by atoms with Gasteiger partial charge in [0.25, 0.3) is 0 Å². The molecule has 0 radical (unpaired) electrons. The number of imide groups is 2. The van der Waals surface area contributed by atoms with Crippen molar-refractivity contribution in [2.45, 2.75) is 6.42 Å². The molecule has 1 aromatic carbocycles. The van der Waals surface area contributed by atoms with Crippen LogP contribution in [0.5, 0.6) is 5.75 Å². The monoisotopic (exact) mass is 252 g/mol. The maximum Gasteiger partial charge on any atom is 0.335 e. The third-order valence-corrected chi connectivity index (χ3v) is 2.40. The van der Waals surface area contributed by atoms with Gasteiger partial charge in [-0.15, -0.1) is 0 Å². The Hall–Kier alpha value is -2.44. The summed E-state index contributed by atoms with van der Waals surface area (Å²) in [6, 6.07) is 2.75. The predicted octanol–water partition coefficient (Wildman–Crippen LogP) is 0.807. The van der Waals surface area contributed by atoms with E-state index in [0.717, 1.165) is 6.07 Å². The summed E-state index contributed by atoms with van der Waals surface area (Å²) in [5.74, 6) is -2.07.